The molecule has 4 fully saturated rings. The van der Waals surface area contributed by atoms with Crippen LogP contribution >= 0.6 is 0 Å². The Hall–Kier alpha value is -0.790. The van der Waals surface area contributed by atoms with E-state index in [-0.39, 0.29) is 17.5 Å². The van der Waals surface area contributed by atoms with Crippen LogP contribution in [0.5, 0.6) is 0 Å². The Morgan fingerprint density at radius 1 is 0.853 bits per heavy atom. The largest absolute Gasteiger partial charge is 0.462 e. The fourth-order valence-corrected chi connectivity index (χ4v) is 10.9. The molecule has 0 aliphatic heterocycles. The van der Waals surface area contributed by atoms with E-state index in [1.165, 1.54) is 57.8 Å². The van der Waals surface area contributed by atoms with Crippen LogP contribution in [0.4, 0.5) is 0 Å². The van der Waals surface area contributed by atoms with Gasteiger partial charge in [0.1, 0.15) is 6.10 Å². The Labute approximate surface area is 210 Å². The minimum Gasteiger partial charge on any atom is -0.462 e. The topological polar surface area (TPSA) is 26.3 Å². The van der Waals surface area contributed by atoms with Gasteiger partial charge in [-0.05, 0) is 109 Å². The summed E-state index contributed by atoms with van der Waals surface area (Å²) in [5.74, 6) is 2.01. The second-order valence-electron chi connectivity index (χ2n) is 15.8. The first-order valence-electron chi connectivity index (χ1n) is 14.5. The van der Waals surface area contributed by atoms with Crippen LogP contribution in [0.25, 0.3) is 0 Å². The summed E-state index contributed by atoms with van der Waals surface area (Å²) in [6.07, 6.45) is 15.9. The van der Waals surface area contributed by atoms with E-state index in [1.54, 1.807) is 6.92 Å². The minimum atomic E-state index is -0.110. The SMILES string of the molecule is CC(=O)OC1CC[C@@]2(C)C(CC[C@]3(C)C2CC=C2C4CC(C)(C)CC[C@]4(C)CC[C@]23C)C1(C)C. The second-order valence-corrected chi connectivity index (χ2v) is 15.8. The zero-order chi connectivity index (χ0) is 24.9. The Morgan fingerprint density at radius 2 is 1.53 bits per heavy atom. The van der Waals surface area contributed by atoms with E-state index in [0.717, 1.165) is 18.3 Å². The van der Waals surface area contributed by atoms with Gasteiger partial charge in [0, 0.05) is 12.3 Å². The van der Waals surface area contributed by atoms with Gasteiger partial charge in [-0.3, -0.25) is 4.79 Å². The van der Waals surface area contributed by atoms with E-state index in [9.17, 15) is 4.79 Å². The molecule has 0 N–H and O–H groups in total. The lowest BCUT2D eigenvalue weighted by Crippen LogP contribution is -2.64. The molecule has 0 spiro atoms. The highest BCUT2D eigenvalue weighted by Crippen LogP contribution is 2.75. The predicted octanol–water partition coefficient (Wildman–Crippen LogP) is 8.74. The van der Waals surface area contributed by atoms with Crippen molar-refractivity contribution < 1.29 is 9.53 Å². The van der Waals surface area contributed by atoms with Crippen molar-refractivity contribution in [2.75, 3.05) is 0 Å². The van der Waals surface area contributed by atoms with Gasteiger partial charge in [0.25, 0.3) is 0 Å². The quantitative estimate of drug-likeness (QED) is 0.284. The van der Waals surface area contributed by atoms with Gasteiger partial charge in [-0.2, -0.15) is 0 Å². The number of allylic oxidation sites excluding steroid dienone is 2. The number of carbonyl (C=O) groups excluding carboxylic acids is 1. The molecule has 0 bridgehead atoms. The van der Waals surface area contributed by atoms with Gasteiger partial charge in [0.15, 0.2) is 0 Å². The van der Waals surface area contributed by atoms with Gasteiger partial charge >= 0.3 is 5.97 Å². The van der Waals surface area contributed by atoms with Crippen molar-refractivity contribution in [2.24, 2.45) is 50.2 Å². The summed E-state index contributed by atoms with van der Waals surface area (Å²) in [6, 6.07) is 0. The van der Waals surface area contributed by atoms with Gasteiger partial charge in [-0.1, -0.05) is 67.0 Å². The van der Waals surface area contributed by atoms with Crippen molar-refractivity contribution in [1.82, 2.24) is 0 Å². The maximum Gasteiger partial charge on any atom is 0.302 e. The molecule has 0 radical (unpaired) electrons. The van der Waals surface area contributed by atoms with E-state index in [2.05, 4.69) is 61.5 Å². The molecule has 0 saturated heterocycles. The number of carbonyl (C=O) groups is 1. The average molecular weight is 469 g/mol. The minimum absolute atomic E-state index is 0.0451. The van der Waals surface area contributed by atoms with E-state index in [1.807, 2.05) is 5.57 Å². The van der Waals surface area contributed by atoms with Crippen LogP contribution < -0.4 is 0 Å². The summed E-state index contributed by atoms with van der Waals surface area (Å²) >= 11 is 0. The molecule has 0 aromatic heterocycles. The molecule has 5 aliphatic rings. The molecule has 0 aromatic rings. The fourth-order valence-electron chi connectivity index (χ4n) is 10.9. The molecule has 0 amide bonds. The molecule has 34 heavy (non-hydrogen) atoms. The standard InChI is InChI=1S/C32H52O2/c1-21(33)34-26-13-14-30(7)24(28(26,4)5)12-15-32(9)25(30)11-10-22-23-20-27(2,3)16-17-29(23,6)18-19-31(22,32)8/h10,23-26H,11-20H2,1-9H3/t23?,24?,25?,26?,29-,30+,31-,32-/m1/s1. The predicted molar refractivity (Wildman–Crippen MR) is 140 cm³/mol. The first-order chi connectivity index (χ1) is 15.6. The van der Waals surface area contributed by atoms with Crippen LogP contribution in [0, 0.1) is 50.2 Å². The maximum absolute atomic E-state index is 11.9. The van der Waals surface area contributed by atoms with Gasteiger partial charge in [0.2, 0.25) is 0 Å². The molecular weight excluding hydrogens is 416 g/mol. The fraction of sp³-hybridized carbons (Fsp3) is 0.906. The first kappa shape index (κ1) is 24.9. The molecule has 4 saturated carbocycles. The lowest BCUT2D eigenvalue weighted by Gasteiger charge is -2.71. The monoisotopic (exact) mass is 468 g/mol. The summed E-state index contributed by atoms with van der Waals surface area (Å²) in [5.41, 5.74) is 3.92. The van der Waals surface area contributed by atoms with E-state index in [0.29, 0.717) is 33.0 Å². The molecule has 0 aromatic carbocycles. The van der Waals surface area contributed by atoms with Crippen molar-refractivity contribution in [3.05, 3.63) is 11.6 Å². The Kier molecular flexibility index (Phi) is 5.40. The molecule has 2 heteroatoms. The number of esters is 1. The van der Waals surface area contributed by atoms with Crippen LogP contribution in [-0.2, 0) is 9.53 Å². The zero-order valence-corrected chi connectivity index (χ0v) is 23.8. The molecule has 5 aliphatic carbocycles. The van der Waals surface area contributed by atoms with Crippen LogP contribution in [0.15, 0.2) is 11.6 Å². The van der Waals surface area contributed by atoms with Crippen LogP contribution in [0.1, 0.15) is 127 Å². The molecule has 5 rings (SSSR count). The van der Waals surface area contributed by atoms with Gasteiger partial charge in [-0.15, -0.1) is 0 Å². The van der Waals surface area contributed by atoms with Crippen molar-refractivity contribution in [3.63, 3.8) is 0 Å². The molecule has 2 nitrogen and oxygen atoms in total. The smallest absolute Gasteiger partial charge is 0.302 e. The maximum atomic E-state index is 11.9. The normalized spacial score (nSPS) is 51.1. The third-order valence-electron chi connectivity index (χ3n) is 13.3. The molecule has 4 unspecified atom stereocenters. The summed E-state index contributed by atoms with van der Waals surface area (Å²) in [4.78, 5) is 11.9. The highest BCUT2D eigenvalue weighted by molar-refractivity contribution is 5.66. The number of hydrogen-bond acceptors (Lipinski definition) is 2. The van der Waals surface area contributed by atoms with Gasteiger partial charge in [0.05, 0.1) is 0 Å². The highest BCUT2D eigenvalue weighted by Gasteiger charge is 2.68. The van der Waals surface area contributed by atoms with Crippen LogP contribution in [-0.4, -0.2) is 12.1 Å². The van der Waals surface area contributed by atoms with Crippen LogP contribution in [0.3, 0.4) is 0 Å². The van der Waals surface area contributed by atoms with Gasteiger partial charge < -0.3 is 4.74 Å². The number of hydrogen-bond donors (Lipinski definition) is 0. The van der Waals surface area contributed by atoms with Crippen LogP contribution in [0.2, 0.25) is 0 Å². The lowest BCUT2D eigenvalue weighted by molar-refractivity contribution is -0.211. The van der Waals surface area contributed by atoms with Crippen molar-refractivity contribution in [3.8, 4) is 0 Å². The Morgan fingerprint density at radius 3 is 2.21 bits per heavy atom. The molecule has 8 atom stereocenters. The summed E-state index contributed by atoms with van der Waals surface area (Å²) < 4.78 is 5.91. The molecule has 0 heterocycles. The molecule has 192 valence electrons. The zero-order valence-electron chi connectivity index (χ0n) is 23.8. The van der Waals surface area contributed by atoms with Gasteiger partial charge in [-0.25, -0.2) is 0 Å². The Balaban J connectivity index is 1.53. The average Bonchev–Trinajstić information content (AvgIpc) is 2.72. The summed E-state index contributed by atoms with van der Waals surface area (Å²) in [5, 5.41) is 0. The van der Waals surface area contributed by atoms with Crippen molar-refractivity contribution in [1.29, 1.82) is 0 Å². The van der Waals surface area contributed by atoms with E-state index < -0.39 is 0 Å². The first-order valence-corrected chi connectivity index (χ1v) is 14.5. The number of fused-ring (bicyclic) bond motifs is 7. The number of ether oxygens (including phenoxy) is 1. The Bertz CT molecular complexity index is 897. The highest BCUT2D eigenvalue weighted by atomic mass is 16.5. The molecular formula is C32H52O2. The number of rotatable bonds is 1. The second kappa shape index (κ2) is 7.38. The van der Waals surface area contributed by atoms with Crippen molar-refractivity contribution in [2.45, 2.75) is 133 Å². The van der Waals surface area contributed by atoms with E-state index in [4.69, 9.17) is 4.74 Å². The summed E-state index contributed by atoms with van der Waals surface area (Å²) in [7, 11) is 0. The third-order valence-corrected chi connectivity index (χ3v) is 13.3. The van der Waals surface area contributed by atoms with Crippen molar-refractivity contribution >= 4 is 5.97 Å². The van der Waals surface area contributed by atoms with E-state index >= 15 is 0 Å². The third kappa shape index (κ3) is 3.21. The summed E-state index contributed by atoms with van der Waals surface area (Å²) in [6.45, 7) is 22.0. The lowest BCUT2D eigenvalue weighted by atomic mass is 9.33.